The van der Waals surface area contributed by atoms with Crippen LogP contribution in [0.3, 0.4) is 0 Å². The topological polar surface area (TPSA) is 35.5 Å². The molecule has 3 saturated carbocycles. The van der Waals surface area contributed by atoms with E-state index < -0.39 is 6.16 Å². The van der Waals surface area contributed by atoms with Crippen molar-refractivity contribution in [2.24, 2.45) is 46.3 Å². The van der Waals surface area contributed by atoms with Crippen molar-refractivity contribution in [1.29, 1.82) is 0 Å². The lowest BCUT2D eigenvalue weighted by molar-refractivity contribution is -0.0597. The second-order valence-corrected chi connectivity index (χ2v) is 14.4. The van der Waals surface area contributed by atoms with E-state index in [1.54, 1.807) is 5.57 Å². The molecule has 0 heterocycles. The Labute approximate surface area is 232 Å². The summed E-state index contributed by atoms with van der Waals surface area (Å²) in [6.45, 7) is 14.5. The van der Waals surface area contributed by atoms with Crippen molar-refractivity contribution < 1.29 is 14.3 Å². The molecule has 3 heteroatoms. The molecule has 38 heavy (non-hydrogen) atoms. The van der Waals surface area contributed by atoms with Gasteiger partial charge >= 0.3 is 6.16 Å². The Kier molecular flexibility index (Phi) is 8.05. The van der Waals surface area contributed by atoms with Gasteiger partial charge in [0.2, 0.25) is 0 Å². The summed E-state index contributed by atoms with van der Waals surface area (Å²) in [5.41, 5.74) is 3.50. The van der Waals surface area contributed by atoms with E-state index in [0.717, 1.165) is 60.3 Å². The van der Waals surface area contributed by atoms with Crippen molar-refractivity contribution in [3.05, 3.63) is 41.5 Å². The van der Waals surface area contributed by atoms with Crippen molar-refractivity contribution in [3.63, 3.8) is 0 Å². The van der Waals surface area contributed by atoms with E-state index in [-0.39, 0.29) is 11.5 Å². The quantitative estimate of drug-likeness (QED) is 0.204. The summed E-state index contributed by atoms with van der Waals surface area (Å²) in [6.07, 6.45) is 16.0. The minimum absolute atomic E-state index is 0.0692. The zero-order valence-corrected chi connectivity index (χ0v) is 24.9. The molecule has 3 nitrogen and oxygen atoms in total. The van der Waals surface area contributed by atoms with Crippen LogP contribution in [-0.2, 0) is 4.74 Å². The maximum atomic E-state index is 12.5. The molecule has 0 N–H and O–H groups in total. The van der Waals surface area contributed by atoms with Gasteiger partial charge in [-0.1, -0.05) is 83.2 Å². The predicted molar refractivity (Wildman–Crippen MR) is 155 cm³/mol. The highest BCUT2D eigenvalue weighted by Crippen LogP contribution is 2.67. The second-order valence-electron chi connectivity index (χ2n) is 14.4. The first-order valence-electron chi connectivity index (χ1n) is 15.7. The third-order valence-corrected chi connectivity index (χ3v) is 11.7. The van der Waals surface area contributed by atoms with Crippen LogP contribution in [-0.4, -0.2) is 12.3 Å². The van der Waals surface area contributed by atoms with Gasteiger partial charge in [-0.25, -0.2) is 4.79 Å². The maximum absolute atomic E-state index is 12.5. The molecule has 210 valence electrons. The number of ether oxygens (including phenoxy) is 2. The summed E-state index contributed by atoms with van der Waals surface area (Å²) < 4.78 is 11.3. The molecule has 8 atom stereocenters. The van der Waals surface area contributed by atoms with Gasteiger partial charge in [0, 0.05) is 6.42 Å². The minimum Gasteiger partial charge on any atom is -0.430 e. The molecule has 1 aromatic carbocycles. The highest BCUT2D eigenvalue weighted by atomic mass is 16.7. The molecule has 0 spiro atoms. The number of hydrogen-bond acceptors (Lipinski definition) is 3. The normalized spacial score (nSPS) is 37.0. The second kappa shape index (κ2) is 11.0. The Morgan fingerprint density at radius 2 is 1.74 bits per heavy atom. The molecule has 0 radical (unpaired) electrons. The molecule has 0 aliphatic heterocycles. The molecule has 1 aromatic rings. The predicted octanol–water partition coefficient (Wildman–Crippen LogP) is 9.92. The van der Waals surface area contributed by atoms with Crippen LogP contribution in [0.1, 0.15) is 111 Å². The van der Waals surface area contributed by atoms with Gasteiger partial charge in [0.05, 0.1) is 0 Å². The zero-order chi connectivity index (χ0) is 27.1. The van der Waals surface area contributed by atoms with Crippen LogP contribution < -0.4 is 4.74 Å². The number of carbonyl (C=O) groups is 1. The summed E-state index contributed by atoms with van der Waals surface area (Å²) in [5, 5.41) is 0. The molecule has 5 rings (SSSR count). The SMILES string of the molecule is Cc1ccc(OC(=O)O[C@H]2CC[C@@]3(C)C(=CC[C@H]4[C@@H]5CC[C@@H]([C@@H](C)CCCC(C)C)[C@@]5(C)CC[C@@H]43)C2)cc1. The zero-order valence-electron chi connectivity index (χ0n) is 24.9. The Balaban J connectivity index is 1.21. The van der Waals surface area contributed by atoms with E-state index in [1.165, 1.54) is 51.4 Å². The van der Waals surface area contributed by atoms with Crippen LogP contribution in [0.4, 0.5) is 4.79 Å². The molecule has 3 fully saturated rings. The molecular weight excluding hydrogens is 468 g/mol. The van der Waals surface area contributed by atoms with Crippen LogP contribution in [0, 0.1) is 53.3 Å². The number of fused-ring (bicyclic) bond motifs is 5. The number of rotatable bonds is 7. The molecular formula is C35H52O3. The van der Waals surface area contributed by atoms with Crippen molar-refractivity contribution in [3.8, 4) is 5.75 Å². The van der Waals surface area contributed by atoms with E-state index in [9.17, 15) is 4.79 Å². The van der Waals surface area contributed by atoms with E-state index in [2.05, 4.69) is 40.7 Å². The lowest BCUT2D eigenvalue weighted by Crippen LogP contribution is -2.51. The summed E-state index contributed by atoms with van der Waals surface area (Å²) in [7, 11) is 0. The van der Waals surface area contributed by atoms with Crippen LogP contribution in [0.25, 0.3) is 0 Å². The van der Waals surface area contributed by atoms with Crippen LogP contribution in [0.15, 0.2) is 35.9 Å². The van der Waals surface area contributed by atoms with E-state index >= 15 is 0 Å². The standard InChI is InChI=1S/C35H52O3/c1-23(2)8-7-9-25(4)30-16-17-31-29-15-12-26-22-28(38-33(36)37-27-13-10-24(3)11-14-27)18-20-34(26,5)32(29)19-21-35(30,31)6/h10-14,23,25,28-32H,7-9,15-22H2,1-6H3/t25-,28-,29-,30-,31-,32-,34-,35+/m0/s1. The van der Waals surface area contributed by atoms with Crippen molar-refractivity contribution in [2.75, 3.05) is 0 Å². The highest BCUT2D eigenvalue weighted by Gasteiger charge is 2.59. The maximum Gasteiger partial charge on any atom is 0.514 e. The van der Waals surface area contributed by atoms with Gasteiger partial charge in [0.1, 0.15) is 11.9 Å². The number of aryl methyl sites for hydroxylation is 1. The summed E-state index contributed by atoms with van der Waals surface area (Å²) in [6, 6.07) is 7.56. The Bertz CT molecular complexity index is 1010. The van der Waals surface area contributed by atoms with Gasteiger partial charge in [-0.05, 0) is 110 Å². The summed E-state index contributed by atoms with van der Waals surface area (Å²) in [5.74, 6) is 5.64. The van der Waals surface area contributed by atoms with Crippen LogP contribution in [0.5, 0.6) is 5.75 Å². The molecule has 0 unspecified atom stereocenters. The monoisotopic (exact) mass is 520 g/mol. The molecule has 0 amide bonds. The first kappa shape index (κ1) is 27.8. The van der Waals surface area contributed by atoms with Gasteiger partial charge in [-0.2, -0.15) is 0 Å². The first-order valence-corrected chi connectivity index (χ1v) is 15.7. The fourth-order valence-electron chi connectivity index (χ4n) is 9.62. The Morgan fingerprint density at radius 1 is 0.974 bits per heavy atom. The Hall–Kier alpha value is -1.77. The van der Waals surface area contributed by atoms with E-state index in [4.69, 9.17) is 9.47 Å². The summed E-state index contributed by atoms with van der Waals surface area (Å²) in [4.78, 5) is 12.5. The Morgan fingerprint density at radius 3 is 2.47 bits per heavy atom. The lowest BCUT2D eigenvalue weighted by atomic mass is 9.47. The number of benzene rings is 1. The van der Waals surface area contributed by atoms with Gasteiger partial charge < -0.3 is 9.47 Å². The number of hydrogen-bond donors (Lipinski definition) is 0. The summed E-state index contributed by atoms with van der Waals surface area (Å²) >= 11 is 0. The number of allylic oxidation sites excluding steroid dienone is 1. The third kappa shape index (κ3) is 5.33. The van der Waals surface area contributed by atoms with Gasteiger partial charge in [0.15, 0.2) is 0 Å². The fourth-order valence-corrected chi connectivity index (χ4v) is 9.62. The van der Waals surface area contributed by atoms with Crippen molar-refractivity contribution in [2.45, 2.75) is 118 Å². The molecule has 4 aliphatic rings. The largest absolute Gasteiger partial charge is 0.514 e. The lowest BCUT2D eigenvalue weighted by Gasteiger charge is -2.58. The molecule has 0 bridgehead atoms. The van der Waals surface area contributed by atoms with Gasteiger partial charge in [-0.15, -0.1) is 0 Å². The third-order valence-electron chi connectivity index (χ3n) is 11.7. The van der Waals surface area contributed by atoms with Crippen molar-refractivity contribution >= 4 is 6.16 Å². The van der Waals surface area contributed by atoms with Crippen LogP contribution in [0.2, 0.25) is 0 Å². The van der Waals surface area contributed by atoms with Gasteiger partial charge in [0.25, 0.3) is 0 Å². The average molecular weight is 521 g/mol. The van der Waals surface area contributed by atoms with Crippen LogP contribution >= 0.6 is 0 Å². The smallest absolute Gasteiger partial charge is 0.430 e. The van der Waals surface area contributed by atoms with Gasteiger partial charge in [-0.3, -0.25) is 0 Å². The molecule has 4 aliphatic carbocycles. The molecule has 0 saturated heterocycles. The molecule has 0 aromatic heterocycles. The first-order chi connectivity index (χ1) is 18.1. The van der Waals surface area contributed by atoms with E-state index in [1.807, 2.05) is 31.2 Å². The average Bonchev–Trinajstić information content (AvgIpc) is 3.23. The van der Waals surface area contributed by atoms with Crippen molar-refractivity contribution in [1.82, 2.24) is 0 Å². The van der Waals surface area contributed by atoms with E-state index in [0.29, 0.717) is 11.2 Å². The highest BCUT2D eigenvalue weighted by molar-refractivity contribution is 5.64. The minimum atomic E-state index is -0.565. The number of carbonyl (C=O) groups excluding carboxylic acids is 1. The fraction of sp³-hybridized carbons (Fsp3) is 0.743.